The number of hydrogen-bond acceptors (Lipinski definition) is 3. The summed E-state index contributed by atoms with van der Waals surface area (Å²) in [6, 6.07) is 96.4. The number of fused-ring (bicyclic) bond motifs is 13. The molecule has 12 aromatic carbocycles. The van der Waals surface area contributed by atoms with E-state index in [0.29, 0.717) is 0 Å². The Morgan fingerprint density at radius 3 is 1.29 bits per heavy atom. The van der Waals surface area contributed by atoms with E-state index in [4.69, 9.17) is 4.42 Å². The number of anilines is 6. The quantitative estimate of drug-likeness (QED) is 0.135. The van der Waals surface area contributed by atoms with Crippen molar-refractivity contribution in [2.45, 2.75) is 78.6 Å². The highest BCUT2D eigenvalue weighted by Gasteiger charge is 2.46. The SMILES string of the molecule is CCCCc1cc2oc3ccccc3c2cc1N1c2cc(-n3c4ccccc4c4ccccc43)ccc2B2c3ccc(-n4c5ccccc5c5ccccc54)cc3N(c3c(-c4ccccc4)cc(C(C)(C)C)cc3-c3ccccc3)c3cc(C(C)(C)C)cc1c32. The topological polar surface area (TPSA) is 29.5 Å². The zero-order valence-electron chi connectivity index (χ0n) is 52.1. The van der Waals surface area contributed by atoms with Crippen LogP contribution in [-0.2, 0) is 17.3 Å². The first-order valence-electron chi connectivity index (χ1n) is 32.2. The van der Waals surface area contributed by atoms with E-state index in [2.05, 4.69) is 322 Å². The van der Waals surface area contributed by atoms with Gasteiger partial charge in [-0.25, -0.2) is 0 Å². The van der Waals surface area contributed by atoms with Crippen molar-refractivity contribution in [1.29, 1.82) is 0 Å². The minimum absolute atomic E-state index is 0.162. The number of nitrogens with zero attached hydrogens (tertiary/aromatic N) is 4. The number of aryl methyl sites for hydroxylation is 1. The highest BCUT2D eigenvalue weighted by molar-refractivity contribution is 7.00. The molecule has 0 aliphatic carbocycles. The molecule has 3 aromatic heterocycles. The number of hydrogen-bond donors (Lipinski definition) is 0. The second-order valence-electron chi connectivity index (χ2n) is 27.1. The third-order valence-corrected chi connectivity index (χ3v) is 19.6. The average molecular weight is 1160 g/mol. The summed E-state index contributed by atoms with van der Waals surface area (Å²) in [6.07, 6.45) is 2.99. The van der Waals surface area contributed by atoms with Crippen LogP contribution in [-0.4, -0.2) is 15.8 Å². The first kappa shape index (κ1) is 53.9. The molecule has 15 aromatic rings. The molecule has 0 bridgehead atoms. The van der Waals surface area contributed by atoms with Crippen molar-refractivity contribution in [3.05, 3.63) is 271 Å². The standard InChI is InChI=1S/C84H69BN4O/c1-8-9-26-55-45-80-67(64-35-20-25-40-79(64)90-80)52-74(55)88-75-50-58(86-70-36-21-16-31-60(70)61-32-17-22-37-71(61)86)41-43-68(75)85-69-44-42-59(87-72-38-23-18-33-62(72)63-34-19-24-39-73(63)87)51-76(69)89(78-49-57(84(5,6)7)48-77(88)81(78)85)82-65(53-27-12-10-13-28-53)46-56(83(2,3)4)47-66(82)54-29-14-11-15-30-54/h10-25,27-52H,8-9,26H2,1-7H3. The summed E-state index contributed by atoms with van der Waals surface area (Å²) in [4.78, 5) is 5.41. The highest BCUT2D eigenvalue weighted by Crippen LogP contribution is 2.54. The zero-order valence-corrected chi connectivity index (χ0v) is 52.1. The molecule has 6 heteroatoms. The van der Waals surface area contributed by atoms with Gasteiger partial charge in [0, 0.05) is 77.6 Å². The van der Waals surface area contributed by atoms with Gasteiger partial charge in [0.2, 0.25) is 0 Å². The van der Waals surface area contributed by atoms with Gasteiger partial charge in [0.15, 0.2) is 0 Å². The van der Waals surface area contributed by atoms with Gasteiger partial charge in [-0.2, -0.15) is 0 Å². The number of para-hydroxylation sites is 5. The third-order valence-electron chi connectivity index (χ3n) is 19.6. The van der Waals surface area contributed by atoms with Gasteiger partial charge in [-0.15, -0.1) is 0 Å². The molecule has 90 heavy (non-hydrogen) atoms. The molecule has 0 N–H and O–H groups in total. The molecule has 0 radical (unpaired) electrons. The van der Waals surface area contributed by atoms with Crippen molar-refractivity contribution in [3.63, 3.8) is 0 Å². The number of aromatic nitrogens is 2. The molecule has 2 aliphatic heterocycles. The summed E-state index contributed by atoms with van der Waals surface area (Å²) in [5.74, 6) is 0. The molecule has 17 rings (SSSR count). The molecule has 0 saturated carbocycles. The molecular formula is C84H69BN4O. The van der Waals surface area contributed by atoms with Gasteiger partial charge in [-0.1, -0.05) is 219 Å². The van der Waals surface area contributed by atoms with Crippen molar-refractivity contribution >= 4 is 123 Å². The van der Waals surface area contributed by atoms with E-state index >= 15 is 0 Å². The van der Waals surface area contributed by atoms with E-state index in [1.54, 1.807) is 0 Å². The Hall–Kier alpha value is -10.3. The molecule has 0 atom stereocenters. The molecular weight excluding hydrogens is 1090 g/mol. The van der Waals surface area contributed by atoms with Crippen LogP contribution >= 0.6 is 0 Å². The van der Waals surface area contributed by atoms with E-state index in [1.807, 2.05) is 0 Å². The van der Waals surface area contributed by atoms with Gasteiger partial charge in [0.25, 0.3) is 6.71 Å². The minimum atomic E-state index is -0.273. The predicted octanol–water partition coefficient (Wildman–Crippen LogP) is 21.1. The summed E-state index contributed by atoms with van der Waals surface area (Å²) in [5.41, 5.74) is 27.7. The van der Waals surface area contributed by atoms with Crippen LogP contribution < -0.4 is 26.2 Å². The van der Waals surface area contributed by atoms with Gasteiger partial charge in [-0.05, 0) is 159 Å². The Bertz CT molecular complexity index is 5230. The van der Waals surface area contributed by atoms with Gasteiger partial charge < -0.3 is 23.4 Å². The van der Waals surface area contributed by atoms with E-state index in [0.717, 1.165) is 64.0 Å². The van der Waals surface area contributed by atoms with Crippen molar-refractivity contribution in [2.24, 2.45) is 0 Å². The molecule has 5 heterocycles. The van der Waals surface area contributed by atoms with Gasteiger partial charge in [0.1, 0.15) is 11.2 Å². The number of furan rings is 1. The Morgan fingerprint density at radius 1 is 0.367 bits per heavy atom. The van der Waals surface area contributed by atoms with E-state index in [1.165, 1.54) is 122 Å². The average Bonchev–Trinajstić information content (AvgIpc) is 0.780. The smallest absolute Gasteiger partial charge is 0.252 e. The molecule has 0 unspecified atom stereocenters. The lowest BCUT2D eigenvalue weighted by Gasteiger charge is -2.46. The molecule has 434 valence electrons. The summed E-state index contributed by atoms with van der Waals surface area (Å²) in [5, 5.41) is 7.20. The second kappa shape index (κ2) is 20.4. The molecule has 0 saturated heterocycles. The van der Waals surface area contributed by atoms with Crippen LogP contribution in [0, 0.1) is 0 Å². The summed E-state index contributed by atoms with van der Waals surface area (Å²) in [6.45, 7) is 16.4. The summed E-state index contributed by atoms with van der Waals surface area (Å²) in [7, 11) is 0. The second-order valence-corrected chi connectivity index (χ2v) is 27.1. The Labute approximate surface area is 526 Å². The fraction of sp³-hybridized carbons (Fsp3) is 0.143. The lowest BCUT2D eigenvalue weighted by Crippen LogP contribution is -2.61. The fourth-order valence-electron chi connectivity index (χ4n) is 15.1. The molecule has 0 spiro atoms. The molecule has 0 amide bonds. The van der Waals surface area contributed by atoms with Crippen LogP contribution in [0.5, 0.6) is 0 Å². The molecule has 5 nitrogen and oxygen atoms in total. The normalized spacial score (nSPS) is 13.1. The number of unbranched alkanes of at least 4 members (excludes halogenated alkanes) is 1. The highest BCUT2D eigenvalue weighted by atomic mass is 16.3. The maximum atomic E-state index is 6.81. The third kappa shape index (κ3) is 8.30. The molecule has 0 fully saturated rings. The zero-order chi connectivity index (χ0) is 60.7. The monoisotopic (exact) mass is 1160 g/mol. The van der Waals surface area contributed by atoms with Crippen LogP contribution in [0.3, 0.4) is 0 Å². The lowest BCUT2D eigenvalue weighted by atomic mass is 9.33. The van der Waals surface area contributed by atoms with E-state index in [9.17, 15) is 0 Å². The minimum Gasteiger partial charge on any atom is -0.456 e. The largest absolute Gasteiger partial charge is 0.456 e. The Morgan fingerprint density at radius 2 is 0.800 bits per heavy atom. The van der Waals surface area contributed by atoms with Crippen LogP contribution in [0.4, 0.5) is 34.1 Å². The summed E-state index contributed by atoms with van der Waals surface area (Å²) >= 11 is 0. The number of benzene rings is 12. The van der Waals surface area contributed by atoms with Crippen molar-refractivity contribution in [2.75, 3.05) is 9.80 Å². The lowest BCUT2D eigenvalue weighted by molar-refractivity contribution is 0.590. The van der Waals surface area contributed by atoms with Crippen LogP contribution in [0.15, 0.2) is 259 Å². The van der Waals surface area contributed by atoms with E-state index < -0.39 is 0 Å². The van der Waals surface area contributed by atoms with E-state index in [-0.39, 0.29) is 17.5 Å². The fourth-order valence-corrected chi connectivity index (χ4v) is 15.1. The predicted molar refractivity (Wildman–Crippen MR) is 383 cm³/mol. The van der Waals surface area contributed by atoms with Crippen molar-refractivity contribution in [1.82, 2.24) is 9.13 Å². The Balaban J connectivity index is 1.05. The first-order chi connectivity index (χ1) is 43.9. The van der Waals surface area contributed by atoms with Crippen LogP contribution in [0.1, 0.15) is 78.0 Å². The summed E-state index contributed by atoms with van der Waals surface area (Å²) < 4.78 is 11.8. The molecule has 2 aliphatic rings. The maximum absolute atomic E-state index is 6.81. The van der Waals surface area contributed by atoms with Gasteiger partial charge in [-0.3, -0.25) is 0 Å². The van der Waals surface area contributed by atoms with Gasteiger partial charge in [0.05, 0.1) is 33.4 Å². The maximum Gasteiger partial charge on any atom is 0.252 e. The van der Waals surface area contributed by atoms with Crippen molar-refractivity contribution < 1.29 is 4.42 Å². The number of rotatable bonds is 9. The van der Waals surface area contributed by atoms with Crippen LogP contribution in [0.25, 0.3) is 99.2 Å². The Kier molecular flexibility index (Phi) is 12.2. The van der Waals surface area contributed by atoms with Gasteiger partial charge >= 0.3 is 0 Å². The van der Waals surface area contributed by atoms with Crippen molar-refractivity contribution in [3.8, 4) is 33.6 Å². The van der Waals surface area contributed by atoms with Crippen LogP contribution in [0.2, 0.25) is 0 Å². The first-order valence-corrected chi connectivity index (χ1v) is 32.2.